The monoisotopic (exact) mass is 523 g/mol. The van der Waals surface area contributed by atoms with Gasteiger partial charge in [0.1, 0.15) is 28.5 Å². The van der Waals surface area contributed by atoms with E-state index in [1.54, 1.807) is 69.4 Å². The van der Waals surface area contributed by atoms with Crippen molar-refractivity contribution in [3.05, 3.63) is 78.8 Å². The summed E-state index contributed by atoms with van der Waals surface area (Å²) in [6.45, 7) is 5.42. The van der Waals surface area contributed by atoms with Crippen molar-refractivity contribution < 1.29 is 13.6 Å². The number of rotatable bonds is 4. The molecule has 0 saturated heterocycles. The van der Waals surface area contributed by atoms with Crippen molar-refractivity contribution in [1.29, 1.82) is 0 Å². The van der Waals surface area contributed by atoms with Crippen LogP contribution in [0.1, 0.15) is 20.8 Å². The Kier molecular flexibility index (Phi) is 5.67. The van der Waals surface area contributed by atoms with Crippen molar-refractivity contribution in [2.24, 2.45) is 5.41 Å². The fourth-order valence-corrected chi connectivity index (χ4v) is 4.34. The van der Waals surface area contributed by atoms with Gasteiger partial charge in [0.05, 0.1) is 28.3 Å². The summed E-state index contributed by atoms with van der Waals surface area (Å²) < 4.78 is 30.6. The van der Waals surface area contributed by atoms with Gasteiger partial charge in [0, 0.05) is 34.5 Å². The normalized spacial score (nSPS) is 11.8. The van der Waals surface area contributed by atoms with E-state index in [1.807, 2.05) is 0 Å². The highest BCUT2D eigenvalue weighted by atomic mass is 19.1. The van der Waals surface area contributed by atoms with Crippen LogP contribution in [0.25, 0.3) is 55.8 Å². The predicted octanol–water partition coefficient (Wildman–Crippen LogP) is 6.49. The number of nitrogens with one attached hydrogen (secondary N) is 3. The minimum absolute atomic E-state index is 0.177. The number of nitrogens with zero attached hydrogens (tertiary/aromatic N) is 4. The van der Waals surface area contributed by atoms with Crippen molar-refractivity contribution >= 4 is 33.5 Å². The first kappa shape index (κ1) is 24.4. The Labute approximate surface area is 221 Å². The van der Waals surface area contributed by atoms with Crippen LogP contribution in [0, 0.1) is 17.0 Å². The molecule has 1 amide bonds. The van der Waals surface area contributed by atoms with Gasteiger partial charge < -0.3 is 10.3 Å². The van der Waals surface area contributed by atoms with Gasteiger partial charge in [0.2, 0.25) is 5.91 Å². The largest absolute Gasteiger partial charge is 0.336 e. The van der Waals surface area contributed by atoms with Gasteiger partial charge in [0.25, 0.3) is 0 Å². The maximum Gasteiger partial charge on any atom is 0.229 e. The van der Waals surface area contributed by atoms with Crippen molar-refractivity contribution in [1.82, 2.24) is 30.1 Å². The average molecular weight is 524 g/mol. The summed E-state index contributed by atoms with van der Waals surface area (Å²) in [6, 6.07) is 13.1. The molecule has 0 spiro atoms. The highest BCUT2D eigenvalue weighted by Crippen LogP contribution is 2.35. The summed E-state index contributed by atoms with van der Waals surface area (Å²) in [5, 5.41) is 10.3. The molecule has 0 radical (unpaired) electrons. The molecule has 0 fully saturated rings. The first-order chi connectivity index (χ1) is 18.7. The number of fused-ring (bicyclic) bond motifs is 2. The fraction of sp³-hybridized carbons (Fsp3) is 0.138. The second-order valence-corrected chi connectivity index (χ2v) is 10.2. The fourth-order valence-electron chi connectivity index (χ4n) is 4.34. The number of H-pyrrole nitrogens is 2. The van der Waals surface area contributed by atoms with Crippen LogP contribution in [0.5, 0.6) is 0 Å². The average Bonchev–Trinajstić information content (AvgIpc) is 3.53. The number of hydrogen-bond donors (Lipinski definition) is 3. The lowest BCUT2D eigenvalue weighted by atomic mass is 9.95. The predicted molar refractivity (Wildman–Crippen MR) is 146 cm³/mol. The third-order valence-corrected chi connectivity index (χ3v) is 6.41. The minimum Gasteiger partial charge on any atom is -0.336 e. The molecule has 2 aromatic carbocycles. The molecule has 0 aliphatic heterocycles. The molecule has 0 bridgehead atoms. The number of carbonyl (C=O) groups excluding carboxylic acids is 1. The molecule has 3 N–H and O–H groups in total. The van der Waals surface area contributed by atoms with Gasteiger partial charge in [-0.3, -0.25) is 19.9 Å². The van der Waals surface area contributed by atoms with Gasteiger partial charge in [-0.05, 0) is 36.4 Å². The van der Waals surface area contributed by atoms with Gasteiger partial charge >= 0.3 is 0 Å². The number of carbonyl (C=O) groups is 1. The Bertz CT molecular complexity index is 1880. The molecule has 0 aliphatic rings. The smallest absolute Gasteiger partial charge is 0.229 e. The molecule has 194 valence electrons. The number of anilines is 1. The number of amides is 1. The molecule has 39 heavy (non-hydrogen) atoms. The quantitative estimate of drug-likeness (QED) is 0.244. The highest BCUT2D eigenvalue weighted by Gasteiger charge is 2.23. The van der Waals surface area contributed by atoms with Crippen LogP contribution in [-0.4, -0.2) is 36.0 Å². The standard InChI is InChI=1S/C29H23F2N7O/c1-29(2,3)28(39)34-16-12-15(13-32-14-16)17-8-9-20-22(23(17)31)26(38-37-20)27-35-21-10-11-33-24(25(21)36-27)18-6-4-5-7-19(18)30/h4-14H,1-3H3,(H,34,39)(H,35,36)(H,37,38). The Morgan fingerprint density at radius 1 is 0.949 bits per heavy atom. The molecule has 6 rings (SSSR count). The summed E-state index contributed by atoms with van der Waals surface area (Å²) in [5.41, 5.74) is 3.12. The molecular weight excluding hydrogens is 500 g/mol. The number of benzene rings is 2. The van der Waals surface area contributed by atoms with Crippen LogP contribution in [-0.2, 0) is 4.79 Å². The van der Waals surface area contributed by atoms with Gasteiger partial charge in [-0.25, -0.2) is 13.8 Å². The number of aromatic nitrogens is 6. The Morgan fingerprint density at radius 3 is 2.56 bits per heavy atom. The van der Waals surface area contributed by atoms with Crippen molar-refractivity contribution in [2.45, 2.75) is 20.8 Å². The van der Waals surface area contributed by atoms with Crippen molar-refractivity contribution in [3.63, 3.8) is 0 Å². The molecule has 0 atom stereocenters. The van der Waals surface area contributed by atoms with Gasteiger partial charge in [0.15, 0.2) is 5.82 Å². The molecular formula is C29H23F2N7O. The van der Waals surface area contributed by atoms with Crippen LogP contribution in [0.4, 0.5) is 14.5 Å². The van der Waals surface area contributed by atoms with Crippen LogP contribution in [0.3, 0.4) is 0 Å². The zero-order valence-electron chi connectivity index (χ0n) is 21.3. The van der Waals surface area contributed by atoms with E-state index in [1.165, 1.54) is 18.5 Å². The molecule has 0 saturated carbocycles. The molecule has 0 aliphatic carbocycles. The maximum absolute atomic E-state index is 16.1. The number of imidazole rings is 1. The van der Waals surface area contributed by atoms with E-state index in [0.717, 1.165) is 0 Å². The molecule has 4 heterocycles. The second-order valence-electron chi connectivity index (χ2n) is 10.2. The van der Waals surface area contributed by atoms with E-state index in [4.69, 9.17) is 0 Å². The molecule has 0 unspecified atom stereocenters. The van der Waals surface area contributed by atoms with Gasteiger partial charge in [-0.2, -0.15) is 5.10 Å². The van der Waals surface area contributed by atoms with E-state index >= 15 is 4.39 Å². The summed E-state index contributed by atoms with van der Waals surface area (Å²) >= 11 is 0. The molecule has 8 nitrogen and oxygen atoms in total. The SMILES string of the molecule is CC(C)(C)C(=O)Nc1cncc(-c2ccc3[nH]nc(-c4nc5c(-c6ccccc6F)nccc5[nH]4)c3c2F)c1. The van der Waals surface area contributed by atoms with Crippen LogP contribution >= 0.6 is 0 Å². The number of aromatic amines is 2. The van der Waals surface area contributed by atoms with Crippen molar-refractivity contribution in [3.8, 4) is 33.9 Å². The molecule has 6 aromatic rings. The summed E-state index contributed by atoms with van der Waals surface area (Å²) in [4.78, 5) is 28.8. The molecule has 4 aromatic heterocycles. The molecule has 10 heteroatoms. The van der Waals surface area contributed by atoms with Gasteiger partial charge in [-0.15, -0.1) is 0 Å². The highest BCUT2D eigenvalue weighted by molar-refractivity contribution is 5.99. The number of pyridine rings is 2. The zero-order chi connectivity index (χ0) is 27.3. The number of halogens is 2. The van der Waals surface area contributed by atoms with E-state index in [0.29, 0.717) is 44.9 Å². The van der Waals surface area contributed by atoms with E-state index < -0.39 is 17.0 Å². The van der Waals surface area contributed by atoms with Crippen LogP contribution in [0.2, 0.25) is 0 Å². The maximum atomic E-state index is 16.1. The summed E-state index contributed by atoms with van der Waals surface area (Å²) in [6.07, 6.45) is 4.61. The van der Waals surface area contributed by atoms with Crippen molar-refractivity contribution in [2.75, 3.05) is 5.32 Å². The lowest BCUT2D eigenvalue weighted by molar-refractivity contribution is -0.123. The third-order valence-electron chi connectivity index (χ3n) is 6.41. The first-order valence-electron chi connectivity index (χ1n) is 12.2. The van der Waals surface area contributed by atoms with Crippen LogP contribution in [0.15, 0.2) is 67.1 Å². The zero-order valence-corrected chi connectivity index (χ0v) is 21.3. The Morgan fingerprint density at radius 2 is 1.77 bits per heavy atom. The topological polar surface area (TPSA) is 112 Å². The van der Waals surface area contributed by atoms with E-state index in [-0.39, 0.29) is 22.6 Å². The third kappa shape index (κ3) is 4.29. The Balaban J connectivity index is 1.45. The lowest BCUT2D eigenvalue weighted by Gasteiger charge is -2.17. The van der Waals surface area contributed by atoms with Crippen LogP contribution < -0.4 is 5.32 Å². The van der Waals surface area contributed by atoms with E-state index in [2.05, 4.69) is 35.5 Å². The van der Waals surface area contributed by atoms with Gasteiger partial charge in [-0.1, -0.05) is 32.9 Å². The summed E-state index contributed by atoms with van der Waals surface area (Å²) in [5.74, 6) is -0.812. The first-order valence-corrected chi connectivity index (χ1v) is 12.2. The van der Waals surface area contributed by atoms with E-state index in [9.17, 15) is 9.18 Å². The second kappa shape index (κ2) is 9.09. The number of hydrogen-bond acceptors (Lipinski definition) is 5. The minimum atomic E-state index is -0.597. The lowest BCUT2D eigenvalue weighted by Crippen LogP contribution is -2.27. The Hall–Kier alpha value is -4.99. The summed E-state index contributed by atoms with van der Waals surface area (Å²) in [7, 11) is 0.